The number of fused-ring (bicyclic) bond motifs is 1. The number of rotatable bonds is 1. The van der Waals surface area contributed by atoms with E-state index in [1.165, 1.54) is 0 Å². The smallest absolute Gasteiger partial charge is 0.140 e. The Morgan fingerprint density at radius 3 is 2.82 bits per heavy atom. The van der Waals surface area contributed by atoms with Crippen molar-refractivity contribution in [1.82, 2.24) is 15.3 Å². The van der Waals surface area contributed by atoms with Crippen molar-refractivity contribution in [3.63, 3.8) is 0 Å². The molecule has 4 nitrogen and oxygen atoms in total. The summed E-state index contributed by atoms with van der Waals surface area (Å²) in [5.74, 6) is 0.985. The first-order valence-corrected chi connectivity index (χ1v) is 6.08. The monoisotopic (exact) mass is 248 g/mol. The largest absolute Gasteiger partial charge is 0.353 e. The third kappa shape index (κ3) is 2.06. The van der Waals surface area contributed by atoms with Crippen LogP contribution in [0, 0.1) is 0 Å². The molecule has 1 aromatic carbocycles. The summed E-state index contributed by atoms with van der Waals surface area (Å²) >= 11 is 6.04. The minimum atomic E-state index is 0.726. The van der Waals surface area contributed by atoms with Gasteiger partial charge >= 0.3 is 0 Å². The highest BCUT2D eigenvalue weighted by Crippen LogP contribution is 2.25. The second kappa shape index (κ2) is 4.47. The van der Waals surface area contributed by atoms with E-state index in [2.05, 4.69) is 20.2 Å². The standard InChI is InChI=1S/C12H13ClN4/c13-9-1-2-11-10(7-9)12(16-8-15-11)17-5-3-14-4-6-17/h1-2,7-8,14H,3-6H2. The zero-order valence-electron chi connectivity index (χ0n) is 9.36. The van der Waals surface area contributed by atoms with Gasteiger partial charge in [-0.25, -0.2) is 9.97 Å². The molecule has 1 N–H and O–H groups in total. The molecule has 5 heteroatoms. The van der Waals surface area contributed by atoms with E-state index in [4.69, 9.17) is 11.6 Å². The molecule has 0 bridgehead atoms. The van der Waals surface area contributed by atoms with Crippen molar-refractivity contribution in [3.8, 4) is 0 Å². The first-order valence-electron chi connectivity index (χ1n) is 5.70. The maximum absolute atomic E-state index is 6.04. The van der Waals surface area contributed by atoms with Gasteiger partial charge < -0.3 is 10.2 Å². The Bertz CT molecular complexity index is 537. The van der Waals surface area contributed by atoms with E-state index in [0.29, 0.717) is 0 Å². The van der Waals surface area contributed by atoms with Gasteiger partial charge in [-0.05, 0) is 18.2 Å². The lowest BCUT2D eigenvalue weighted by molar-refractivity contribution is 0.586. The fourth-order valence-corrected chi connectivity index (χ4v) is 2.32. The molecule has 2 aromatic rings. The molecule has 3 rings (SSSR count). The van der Waals surface area contributed by atoms with E-state index < -0.39 is 0 Å². The third-order valence-electron chi connectivity index (χ3n) is 2.99. The Morgan fingerprint density at radius 2 is 2.00 bits per heavy atom. The molecule has 0 amide bonds. The van der Waals surface area contributed by atoms with Crippen LogP contribution < -0.4 is 10.2 Å². The highest BCUT2D eigenvalue weighted by atomic mass is 35.5. The number of aromatic nitrogens is 2. The van der Waals surface area contributed by atoms with Gasteiger partial charge in [-0.1, -0.05) is 11.6 Å². The van der Waals surface area contributed by atoms with Crippen molar-refractivity contribution < 1.29 is 0 Å². The molecule has 1 fully saturated rings. The van der Waals surface area contributed by atoms with Crippen LogP contribution in [-0.2, 0) is 0 Å². The van der Waals surface area contributed by atoms with Crippen molar-refractivity contribution in [3.05, 3.63) is 29.5 Å². The summed E-state index contributed by atoms with van der Waals surface area (Å²) in [5.41, 5.74) is 0.943. The van der Waals surface area contributed by atoms with Gasteiger partial charge in [0.25, 0.3) is 0 Å². The van der Waals surface area contributed by atoms with Crippen molar-refractivity contribution in [2.75, 3.05) is 31.1 Å². The number of piperazine rings is 1. The summed E-state index contributed by atoms with van der Waals surface area (Å²) in [6.07, 6.45) is 1.62. The van der Waals surface area contributed by atoms with Gasteiger partial charge in [-0.3, -0.25) is 0 Å². The lowest BCUT2D eigenvalue weighted by Crippen LogP contribution is -2.44. The van der Waals surface area contributed by atoms with Gasteiger partial charge in [0.15, 0.2) is 0 Å². The van der Waals surface area contributed by atoms with Crippen LogP contribution in [0.15, 0.2) is 24.5 Å². The van der Waals surface area contributed by atoms with E-state index in [9.17, 15) is 0 Å². The lowest BCUT2D eigenvalue weighted by Gasteiger charge is -2.29. The lowest BCUT2D eigenvalue weighted by atomic mass is 10.2. The molecule has 88 valence electrons. The van der Waals surface area contributed by atoms with Crippen molar-refractivity contribution in [1.29, 1.82) is 0 Å². The molecule has 1 aliphatic heterocycles. The first kappa shape index (κ1) is 10.7. The van der Waals surface area contributed by atoms with E-state index in [1.807, 2.05) is 18.2 Å². The average molecular weight is 249 g/mol. The SMILES string of the molecule is Clc1ccc2ncnc(N3CCNCC3)c2c1. The minimum Gasteiger partial charge on any atom is -0.353 e. The molecular formula is C12H13ClN4. The fraction of sp³-hybridized carbons (Fsp3) is 0.333. The quantitative estimate of drug-likeness (QED) is 0.834. The van der Waals surface area contributed by atoms with Crippen LogP contribution in [0.2, 0.25) is 5.02 Å². The second-order valence-electron chi connectivity index (χ2n) is 4.10. The van der Waals surface area contributed by atoms with Crippen LogP contribution in [0.25, 0.3) is 10.9 Å². The summed E-state index contributed by atoms with van der Waals surface area (Å²) in [4.78, 5) is 10.9. The third-order valence-corrected chi connectivity index (χ3v) is 3.23. The number of hydrogen-bond acceptors (Lipinski definition) is 4. The minimum absolute atomic E-state index is 0.726. The highest BCUT2D eigenvalue weighted by Gasteiger charge is 2.14. The van der Waals surface area contributed by atoms with E-state index in [-0.39, 0.29) is 0 Å². The van der Waals surface area contributed by atoms with Crippen molar-refractivity contribution in [2.45, 2.75) is 0 Å². The Kier molecular flexibility index (Phi) is 2.82. The number of benzene rings is 1. The zero-order valence-corrected chi connectivity index (χ0v) is 10.1. The molecule has 0 unspecified atom stereocenters. The van der Waals surface area contributed by atoms with Crippen molar-refractivity contribution in [2.24, 2.45) is 0 Å². The van der Waals surface area contributed by atoms with Gasteiger partial charge in [-0.15, -0.1) is 0 Å². The van der Waals surface area contributed by atoms with Crippen molar-refractivity contribution >= 4 is 28.3 Å². The van der Waals surface area contributed by atoms with Gasteiger partial charge in [0.1, 0.15) is 12.1 Å². The molecule has 0 spiro atoms. The van der Waals surface area contributed by atoms with E-state index in [0.717, 1.165) is 47.9 Å². The first-order chi connectivity index (χ1) is 8.34. The molecular weight excluding hydrogens is 236 g/mol. The summed E-state index contributed by atoms with van der Waals surface area (Å²) in [6, 6.07) is 5.73. The van der Waals surface area contributed by atoms with Crippen LogP contribution >= 0.6 is 11.6 Å². The number of nitrogens with one attached hydrogen (secondary N) is 1. The summed E-state index contributed by atoms with van der Waals surface area (Å²) in [7, 11) is 0. The normalized spacial score (nSPS) is 16.4. The van der Waals surface area contributed by atoms with Crippen LogP contribution in [0.3, 0.4) is 0 Å². The fourth-order valence-electron chi connectivity index (χ4n) is 2.14. The number of hydrogen-bond donors (Lipinski definition) is 1. The van der Waals surface area contributed by atoms with Gasteiger partial charge in [0, 0.05) is 36.6 Å². The number of anilines is 1. The average Bonchev–Trinajstić information content (AvgIpc) is 2.39. The molecule has 1 aromatic heterocycles. The van der Waals surface area contributed by atoms with Crippen LogP contribution in [0.1, 0.15) is 0 Å². The molecule has 2 heterocycles. The zero-order chi connectivity index (χ0) is 11.7. The number of nitrogens with zero attached hydrogens (tertiary/aromatic N) is 3. The molecule has 1 saturated heterocycles. The maximum atomic E-state index is 6.04. The van der Waals surface area contributed by atoms with Gasteiger partial charge in [0.2, 0.25) is 0 Å². The van der Waals surface area contributed by atoms with E-state index >= 15 is 0 Å². The number of halogens is 1. The Hall–Kier alpha value is -1.39. The Labute approximate surface area is 105 Å². The topological polar surface area (TPSA) is 41.1 Å². The van der Waals surface area contributed by atoms with Crippen LogP contribution in [-0.4, -0.2) is 36.1 Å². The van der Waals surface area contributed by atoms with Gasteiger partial charge in [0.05, 0.1) is 5.52 Å². The van der Waals surface area contributed by atoms with Crippen LogP contribution in [0.5, 0.6) is 0 Å². The summed E-state index contributed by atoms with van der Waals surface area (Å²) in [6.45, 7) is 3.93. The molecule has 0 saturated carbocycles. The summed E-state index contributed by atoms with van der Waals surface area (Å²) < 4.78 is 0. The van der Waals surface area contributed by atoms with Gasteiger partial charge in [-0.2, -0.15) is 0 Å². The molecule has 17 heavy (non-hydrogen) atoms. The summed E-state index contributed by atoms with van der Waals surface area (Å²) in [5, 5.41) is 5.09. The Balaban J connectivity index is 2.11. The van der Waals surface area contributed by atoms with E-state index in [1.54, 1.807) is 6.33 Å². The Morgan fingerprint density at radius 1 is 1.18 bits per heavy atom. The molecule has 0 aliphatic carbocycles. The predicted octanol–water partition coefficient (Wildman–Crippen LogP) is 1.69. The molecule has 1 aliphatic rings. The second-order valence-corrected chi connectivity index (χ2v) is 4.53. The predicted molar refractivity (Wildman–Crippen MR) is 69.6 cm³/mol. The molecule has 0 atom stereocenters. The van der Waals surface area contributed by atoms with Crippen LogP contribution in [0.4, 0.5) is 5.82 Å². The highest BCUT2D eigenvalue weighted by molar-refractivity contribution is 6.31. The maximum Gasteiger partial charge on any atom is 0.140 e. The molecule has 0 radical (unpaired) electrons.